The van der Waals surface area contributed by atoms with Crippen LogP contribution in [-0.4, -0.2) is 35.8 Å². The van der Waals surface area contributed by atoms with Gasteiger partial charge < -0.3 is 0 Å². The summed E-state index contributed by atoms with van der Waals surface area (Å²) in [7, 11) is 1.98. The molecule has 0 saturated heterocycles. The van der Waals surface area contributed by atoms with E-state index in [0.29, 0.717) is 18.7 Å². The first-order valence-corrected chi connectivity index (χ1v) is 5.31. The first-order chi connectivity index (χ1) is 7.22. The summed E-state index contributed by atoms with van der Waals surface area (Å²) < 4.78 is 0. The quantitative estimate of drug-likeness (QED) is 0.707. The molecular formula is C12H18N2O. The predicted octanol–water partition coefficient (Wildman–Crippen LogP) is 1.54. The molecule has 0 aliphatic carbocycles. The van der Waals surface area contributed by atoms with Gasteiger partial charge in [0.05, 0.1) is 6.54 Å². The SMILES string of the molecule is CCC(=O)CN(C)CCc1ccncc1. The average Bonchev–Trinajstić information content (AvgIpc) is 2.27. The molecule has 0 N–H and O–H groups in total. The molecule has 1 aromatic rings. The van der Waals surface area contributed by atoms with Gasteiger partial charge in [-0.05, 0) is 31.2 Å². The molecule has 0 bridgehead atoms. The summed E-state index contributed by atoms with van der Waals surface area (Å²) in [6, 6.07) is 4.02. The zero-order chi connectivity index (χ0) is 11.1. The molecule has 0 aromatic carbocycles. The highest BCUT2D eigenvalue weighted by atomic mass is 16.1. The zero-order valence-electron chi connectivity index (χ0n) is 9.44. The van der Waals surface area contributed by atoms with Crippen molar-refractivity contribution in [1.29, 1.82) is 0 Å². The van der Waals surface area contributed by atoms with Gasteiger partial charge in [0.25, 0.3) is 0 Å². The van der Waals surface area contributed by atoms with Crippen LogP contribution in [0.1, 0.15) is 18.9 Å². The molecule has 0 aliphatic heterocycles. The van der Waals surface area contributed by atoms with Crippen LogP contribution in [-0.2, 0) is 11.2 Å². The number of hydrogen-bond donors (Lipinski definition) is 0. The van der Waals surface area contributed by atoms with Crippen molar-refractivity contribution in [2.45, 2.75) is 19.8 Å². The number of aromatic nitrogens is 1. The fraction of sp³-hybridized carbons (Fsp3) is 0.500. The number of carbonyl (C=O) groups is 1. The highest BCUT2D eigenvalue weighted by molar-refractivity contribution is 5.80. The molecule has 0 radical (unpaired) electrons. The van der Waals surface area contributed by atoms with Crippen molar-refractivity contribution >= 4 is 5.78 Å². The smallest absolute Gasteiger partial charge is 0.146 e. The summed E-state index contributed by atoms with van der Waals surface area (Å²) >= 11 is 0. The predicted molar refractivity (Wildman–Crippen MR) is 60.7 cm³/mol. The number of ketones is 1. The Bertz CT molecular complexity index is 298. The summed E-state index contributed by atoms with van der Waals surface area (Å²) in [6.45, 7) is 3.37. The molecule has 0 amide bonds. The second-order valence-corrected chi connectivity index (χ2v) is 3.74. The minimum atomic E-state index is 0.298. The van der Waals surface area contributed by atoms with E-state index in [2.05, 4.69) is 9.88 Å². The van der Waals surface area contributed by atoms with E-state index in [1.54, 1.807) is 12.4 Å². The minimum Gasteiger partial charge on any atom is -0.299 e. The lowest BCUT2D eigenvalue weighted by molar-refractivity contribution is -0.119. The maximum atomic E-state index is 11.2. The first kappa shape index (κ1) is 11.9. The fourth-order valence-corrected chi connectivity index (χ4v) is 1.36. The Kier molecular flexibility index (Phi) is 4.98. The van der Waals surface area contributed by atoms with E-state index in [0.717, 1.165) is 13.0 Å². The molecule has 3 nitrogen and oxygen atoms in total. The molecule has 0 unspecified atom stereocenters. The highest BCUT2D eigenvalue weighted by Gasteiger charge is 2.04. The van der Waals surface area contributed by atoms with Crippen LogP contribution >= 0.6 is 0 Å². The summed E-state index contributed by atoms with van der Waals surface area (Å²) in [5.74, 6) is 0.298. The third-order valence-corrected chi connectivity index (χ3v) is 2.37. The summed E-state index contributed by atoms with van der Waals surface area (Å²) in [6.07, 6.45) is 5.19. The molecule has 0 atom stereocenters. The third kappa shape index (κ3) is 4.70. The number of nitrogens with zero attached hydrogens (tertiary/aromatic N) is 2. The molecule has 15 heavy (non-hydrogen) atoms. The summed E-state index contributed by atoms with van der Waals surface area (Å²) in [4.78, 5) is 17.2. The molecule has 0 aliphatic rings. The maximum Gasteiger partial charge on any atom is 0.146 e. The molecule has 1 aromatic heterocycles. The lowest BCUT2D eigenvalue weighted by atomic mass is 10.2. The van der Waals surface area contributed by atoms with Gasteiger partial charge >= 0.3 is 0 Å². The van der Waals surface area contributed by atoms with Gasteiger partial charge in [0.2, 0.25) is 0 Å². The first-order valence-electron chi connectivity index (χ1n) is 5.31. The number of hydrogen-bond acceptors (Lipinski definition) is 3. The van der Waals surface area contributed by atoms with Crippen molar-refractivity contribution < 1.29 is 4.79 Å². The topological polar surface area (TPSA) is 33.2 Å². The molecule has 3 heteroatoms. The van der Waals surface area contributed by atoms with E-state index in [1.165, 1.54) is 5.56 Å². The minimum absolute atomic E-state index is 0.298. The normalized spacial score (nSPS) is 10.6. The largest absolute Gasteiger partial charge is 0.299 e. The van der Waals surface area contributed by atoms with Gasteiger partial charge in [-0.25, -0.2) is 0 Å². The second-order valence-electron chi connectivity index (χ2n) is 3.74. The Morgan fingerprint density at radius 3 is 2.67 bits per heavy atom. The van der Waals surface area contributed by atoms with E-state index in [1.807, 2.05) is 26.1 Å². The van der Waals surface area contributed by atoms with E-state index in [4.69, 9.17) is 0 Å². The molecule has 1 rings (SSSR count). The lowest BCUT2D eigenvalue weighted by Gasteiger charge is -2.14. The van der Waals surface area contributed by atoms with Gasteiger partial charge in [0, 0.05) is 25.4 Å². The Morgan fingerprint density at radius 2 is 2.07 bits per heavy atom. The lowest BCUT2D eigenvalue weighted by Crippen LogP contribution is -2.27. The van der Waals surface area contributed by atoms with E-state index in [-0.39, 0.29) is 0 Å². The number of carbonyl (C=O) groups excluding carboxylic acids is 1. The van der Waals surface area contributed by atoms with Crippen LogP contribution in [0.15, 0.2) is 24.5 Å². The van der Waals surface area contributed by atoms with Crippen molar-refractivity contribution in [3.05, 3.63) is 30.1 Å². The molecule has 0 spiro atoms. The van der Waals surface area contributed by atoms with Crippen LogP contribution in [0.5, 0.6) is 0 Å². The highest BCUT2D eigenvalue weighted by Crippen LogP contribution is 1.99. The van der Waals surface area contributed by atoms with Crippen LogP contribution in [0.25, 0.3) is 0 Å². The van der Waals surface area contributed by atoms with Crippen LogP contribution < -0.4 is 0 Å². The number of rotatable bonds is 6. The average molecular weight is 206 g/mol. The maximum absolute atomic E-state index is 11.2. The van der Waals surface area contributed by atoms with Crippen LogP contribution in [0.3, 0.4) is 0 Å². The van der Waals surface area contributed by atoms with Gasteiger partial charge in [-0.1, -0.05) is 6.92 Å². The van der Waals surface area contributed by atoms with Crippen molar-refractivity contribution in [3.8, 4) is 0 Å². The number of Topliss-reactive ketones (excluding diaryl/α,β-unsaturated/α-hetero) is 1. The fourth-order valence-electron chi connectivity index (χ4n) is 1.36. The summed E-state index contributed by atoms with van der Waals surface area (Å²) in [5.41, 5.74) is 1.26. The van der Waals surface area contributed by atoms with Gasteiger partial charge in [0.1, 0.15) is 5.78 Å². The van der Waals surface area contributed by atoms with Crippen molar-refractivity contribution in [3.63, 3.8) is 0 Å². The van der Waals surface area contributed by atoms with E-state index >= 15 is 0 Å². The van der Waals surface area contributed by atoms with Crippen molar-refractivity contribution in [2.24, 2.45) is 0 Å². The zero-order valence-corrected chi connectivity index (χ0v) is 9.44. The van der Waals surface area contributed by atoms with Gasteiger partial charge in [0.15, 0.2) is 0 Å². The Morgan fingerprint density at radius 1 is 1.40 bits per heavy atom. The molecule has 0 fully saturated rings. The Balaban J connectivity index is 2.28. The van der Waals surface area contributed by atoms with Crippen molar-refractivity contribution in [2.75, 3.05) is 20.1 Å². The van der Waals surface area contributed by atoms with Crippen LogP contribution in [0.2, 0.25) is 0 Å². The van der Waals surface area contributed by atoms with Crippen LogP contribution in [0, 0.1) is 0 Å². The third-order valence-electron chi connectivity index (χ3n) is 2.37. The van der Waals surface area contributed by atoms with Gasteiger partial charge in [-0.3, -0.25) is 14.7 Å². The van der Waals surface area contributed by atoms with Crippen molar-refractivity contribution in [1.82, 2.24) is 9.88 Å². The van der Waals surface area contributed by atoms with Gasteiger partial charge in [-0.15, -0.1) is 0 Å². The second kappa shape index (κ2) is 6.30. The van der Waals surface area contributed by atoms with Crippen LogP contribution in [0.4, 0.5) is 0 Å². The van der Waals surface area contributed by atoms with E-state index < -0.39 is 0 Å². The van der Waals surface area contributed by atoms with Gasteiger partial charge in [-0.2, -0.15) is 0 Å². The number of likely N-dealkylation sites (N-methyl/N-ethyl adjacent to an activating group) is 1. The molecule has 0 saturated carbocycles. The Labute approximate surface area is 91.1 Å². The Hall–Kier alpha value is -1.22. The molecular weight excluding hydrogens is 188 g/mol. The molecule has 82 valence electrons. The summed E-state index contributed by atoms with van der Waals surface area (Å²) in [5, 5.41) is 0. The number of pyridine rings is 1. The molecule has 1 heterocycles. The van der Waals surface area contributed by atoms with E-state index in [9.17, 15) is 4.79 Å². The standard InChI is InChI=1S/C12H18N2O/c1-3-12(15)10-14(2)9-6-11-4-7-13-8-5-11/h4-5,7-8H,3,6,9-10H2,1-2H3. The monoisotopic (exact) mass is 206 g/mol.